The lowest BCUT2D eigenvalue weighted by molar-refractivity contribution is -0.133. The van der Waals surface area contributed by atoms with Gasteiger partial charge in [0.15, 0.2) is 0 Å². The van der Waals surface area contributed by atoms with E-state index in [1.807, 2.05) is 11.9 Å². The summed E-state index contributed by atoms with van der Waals surface area (Å²) in [6.45, 7) is 11.4. The van der Waals surface area contributed by atoms with E-state index >= 15 is 0 Å². The fraction of sp³-hybridized carbons (Fsp3) is 0.929. The first-order chi connectivity index (χ1) is 7.71. The Hall–Kier alpha value is -0.570. The van der Waals surface area contributed by atoms with Crippen molar-refractivity contribution >= 4 is 5.91 Å². The molecule has 0 aromatic rings. The summed E-state index contributed by atoms with van der Waals surface area (Å²) in [5, 5.41) is 0. The van der Waals surface area contributed by atoms with Gasteiger partial charge >= 0.3 is 0 Å². The standard InChI is InChI=1S/C14H30N2O/c1-11(2)12(3)16(6)13(17)7-8-14(4,5)9-10-15/h11-12H,7-10,15H2,1-6H3. The Morgan fingerprint density at radius 2 is 1.76 bits per heavy atom. The number of carbonyl (C=O) groups excluding carboxylic acids is 1. The van der Waals surface area contributed by atoms with Gasteiger partial charge in [0.2, 0.25) is 5.91 Å². The van der Waals surface area contributed by atoms with E-state index < -0.39 is 0 Å². The molecule has 0 saturated carbocycles. The van der Waals surface area contributed by atoms with Gasteiger partial charge in [-0.2, -0.15) is 0 Å². The summed E-state index contributed by atoms with van der Waals surface area (Å²) in [4.78, 5) is 13.9. The monoisotopic (exact) mass is 242 g/mol. The van der Waals surface area contributed by atoms with Crippen molar-refractivity contribution in [3.8, 4) is 0 Å². The third-order valence-corrected chi connectivity index (χ3v) is 3.81. The first kappa shape index (κ1) is 16.4. The maximum absolute atomic E-state index is 12.0. The molecule has 0 aliphatic rings. The summed E-state index contributed by atoms with van der Waals surface area (Å²) < 4.78 is 0. The molecule has 0 spiro atoms. The first-order valence-electron chi connectivity index (χ1n) is 6.67. The van der Waals surface area contributed by atoms with E-state index in [1.165, 1.54) is 0 Å². The van der Waals surface area contributed by atoms with E-state index in [0.717, 1.165) is 12.8 Å². The van der Waals surface area contributed by atoms with Crippen LogP contribution in [0.3, 0.4) is 0 Å². The van der Waals surface area contributed by atoms with Crippen molar-refractivity contribution in [3.63, 3.8) is 0 Å². The number of hydrogen-bond donors (Lipinski definition) is 1. The number of rotatable bonds is 7. The summed E-state index contributed by atoms with van der Waals surface area (Å²) in [5.74, 6) is 0.747. The van der Waals surface area contributed by atoms with E-state index in [4.69, 9.17) is 5.73 Å². The lowest BCUT2D eigenvalue weighted by Crippen LogP contribution is -2.38. The lowest BCUT2D eigenvalue weighted by atomic mass is 9.84. The maximum atomic E-state index is 12.0. The number of carbonyl (C=O) groups is 1. The molecule has 1 unspecified atom stereocenters. The Morgan fingerprint density at radius 3 is 2.18 bits per heavy atom. The zero-order chi connectivity index (χ0) is 13.6. The molecule has 3 nitrogen and oxygen atoms in total. The van der Waals surface area contributed by atoms with Gasteiger partial charge in [0.1, 0.15) is 0 Å². The van der Waals surface area contributed by atoms with Crippen LogP contribution in [0.1, 0.15) is 53.9 Å². The molecule has 0 bridgehead atoms. The van der Waals surface area contributed by atoms with Gasteiger partial charge in [0, 0.05) is 19.5 Å². The summed E-state index contributed by atoms with van der Waals surface area (Å²) in [6.07, 6.45) is 2.52. The third kappa shape index (κ3) is 6.06. The van der Waals surface area contributed by atoms with E-state index in [-0.39, 0.29) is 11.3 Å². The van der Waals surface area contributed by atoms with E-state index in [1.54, 1.807) is 0 Å². The molecule has 0 aromatic carbocycles. The second-order valence-electron chi connectivity index (χ2n) is 6.19. The third-order valence-electron chi connectivity index (χ3n) is 3.81. The fourth-order valence-corrected chi connectivity index (χ4v) is 1.81. The quantitative estimate of drug-likeness (QED) is 0.746. The molecule has 0 aliphatic carbocycles. The molecule has 0 radical (unpaired) electrons. The average Bonchev–Trinajstić information content (AvgIpc) is 2.23. The van der Waals surface area contributed by atoms with E-state index in [0.29, 0.717) is 24.9 Å². The molecule has 0 aliphatic heterocycles. The molecule has 102 valence electrons. The summed E-state index contributed by atoms with van der Waals surface area (Å²) in [5.41, 5.74) is 5.75. The number of nitrogens with zero attached hydrogens (tertiary/aromatic N) is 1. The minimum atomic E-state index is 0.173. The maximum Gasteiger partial charge on any atom is 0.222 e. The molecule has 0 fully saturated rings. The minimum Gasteiger partial charge on any atom is -0.343 e. The summed E-state index contributed by atoms with van der Waals surface area (Å²) in [6, 6.07) is 0.306. The molecular formula is C14H30N2O. The van der Waals surface area contributed by atoms with Crippen LogP contribution in [0.25, 0.3) is 0 Å². The van der Waals surface area contributed by atoms with Crippen LogP contribution < -0.4 is 5.73 Å². The van der Waals surface area contributed by atoms with Gasteiger partial charge in [-0.25, -0.2) is 0 Å². The van der Waals surface area contributed by atoms with Crippen LogP contribution in [0.4, 0.5) is 0 Å². The van der Waals surface area contributed by atoms with Crippen molar-refractivity contribution in [3.05, 3.63) is 0 Å². The van der Waals surface area contributed by atoms with Crippen molar-refractivity contribution in [2.75, 3.05) is 13.6 Å². The van der Waals surface area contributed by atoms with Gasteiger partial charge in [-0.3, -0.25) is 4.79 Å². The van der Waals surface area contributed by atoms with Gasteiger partial charge in [-0.1, -0.05) is 27.7 Å². The molecule has 2 N–H and O–H groups in total. The van der Waals surface area contributed by atoms with Gasteiger partial charge in [0.05, 0.1) is 0 Å². The Bertz CT molecular complexity index is 236. The highest BCUT2D eigenvalue weighted by atomic mass is 16.2. The zero-order valence-corrected chi connectivity index (χ0v) is 12.4. The molecule has 3 heteroatoms. The molecule has 1 amide bonds. The van der Waals surface area contributed by atoms with Crippen LogP contribution in [0, 0.1) is 11.3 Å². The zero-order valence-electron chi connectivity index (χ0n) is 12.4. The minimum absolute atomic E-state index is 0.173. The van der Waals surface area contributed by atoms with Gasteiger partial charge in [-0.05, 0) is 37.6 Å². The SMILES string of the molecule is CC(C)C(C)N(C)C(=O)CCC(C)(C)CCN. The van der Waals surface area contributed by atoms with Crippen LogP contribution >= 0.6 is 0 Å². The smallest absolute Gasteiger partial charge is 0.222 e. The van der Waals surface area contributed by atoms with Crippen LogP contribution in [-0.2, 0) is 4.79 Å². The Morgan fingerprint density at radius 1 is 1.24 bits per heavy atom. The summed E-state index contributed by atoms with van der Waals surface area (Å²) >= 11 is 0. The number of amides is 1. The van der Waals surface area contributed by atoms with E-state index in [9.17, 15) is 4.79 Å². The van der Waals surface area contributed by atoms with Gasteiger partial charge in [0.25, 0.3) is 0 Å². The second kappa shape index (κ2) is 7.00. The molecular weight excluding hydrogens is 212 g/mol. The Balaban J connectivity index is 4.18. The Labute approximate surface area is 107 Å². The predicted octanol–water partition coefficient (Wildman–Crippen LogP) is 2.64. The molecule has 0 aromatic heterocycles. The predicted molar refractivity (Wildman–Crippen MR) is 73.8 cm³/mol. The highest BCUT2D eigenvalue weighted by molar-refractivity contribution is 5.76. The molecule has 0 rings (SSSR count). The summed E-state index contributed by atoms with van der Waals surface area (Å²) in [7, 11) is 1.91. The van der Waals surface area contributed by atoms with Crippen molar-refractivity contribution in [2.45, 2.75) is 59.9 Å². The normalized spacial score (nSPS) is 13.9. The molecule has 17 heavy (non-hydrogen) atoms. The van der Waals surface area contributed by atoms with Gasteiger partial charge < -0.3 is 10.6 Å². The topological polar surface area (TPSA) is 46.3 Å². The molecule has 0 saturated heterocycles. The highest BCUT2D eigenvalue weighted by Gasteiger charge is 2.22. The fourth-order valence-electron chi connectivity index (χ4n) is 1.81. The average molecular weight is 242 g/mol. The van der Waals surface area contributed by atoms with Crippen molar-refractivity contribution in [1.29, 1.82) is 0 Å². The lowest BCUT2D eigenvalue weighted by Gasteiger charge is -2.30. The Kier molecular flexibility index (Phi) is 6.76. The van der Waals surface area contributed by atoms with Crippen molar-refractivity contribution in [2.24, 2.45) is 17.1 Å². The van der Waals surface area contributed by atoms with Crippen LogP contribution in [0.5, 0.6) is 0 Å². The van der Waals surface area contributed by atoms with E-state index in [2.05, 4.69) is 34.6 Å². The van der Waals surface area contributed by atoms with Gasteiger partial charge in [-0.15, -0.1) is 0 Å². The second-order valence-corrected chi connectivity index (χ2v) is 6.19. The largest absolute Gasteiger partial charge is 0.343 e. The van der Waals surface area contributed by atoms with Crippen LogP contribution in [0.2, 0.25) is 0 Å². The van der Waals surface area contributed by atoms with Crippen LogP contribution in [-0.4, -0.2) is 30.4 Å². The molecule has 0 heterocycles. The first-order valence-corrected chi connectivity index (χ1v) is 6.67. The molecule has 1 atom stereocenters. The number of hydrogen-bond acceptors (Lipinski definition) is 2. The van der Waals surface area contributed by atoms with Crippen molar-refractivity contribution < 1.29 is 4.79 Å². The highest BCUT2D eigenvalue weighted by Crippen LogP contribution is 2.26. The van der Waals surface area contributed by atoms with Crippen LogP contribution in [0.15, 0.2) is 0 Å². The number of nitrogens with two attached hydrogens (primary N) is 1. The van der Waals surface area contributed by atoms with Crippen molar-refractivity contribution in [1.82, 2.24) is 4.90 Å².